The van der Waals surface area contributed by atoms with E-state index >= 15 is 0 Å². The van der Waals surface area contributed by atoms with Gasteiger partial charge in [0.15, 0.2) is 0 Å². The second-order valence-electron chi connectivity index (χ2n) is 5.92. The normalized spacial score (nSPS) is 27.2. The number of hydrogen-bond donors (Lipinski definition) is 1. The lowest BCUT2D eigenvalue weighted by molar-refractivity contribution is 0.0976. The summed E-state index contributed by atoms with van der Waals surface area (Å²) in [5.74, 6) is 2.07. The molecule has 1 aromatic carbocycles. The van der Waals surface area contributed by atoms with Gasteiger partial charge >= 0.3 is 0 Å². The lowest BCUT2D eigenvalue weighted by Crippen LogP contribution is -2.30. The molecule has 2 heteroatoms. The second-order valence-corrected chi connectivity index (χ2v) is 5.92. The topological polar surface area (TPSA) is 29.5 Å². The molecule has 100 valence electrons. The molecule has 1 aliphatic rings. The van der Waals surface area contributed by atoms with Crippen LogP contribution >= 0.6 is 0 Å². The number of aliphatic hydroxyl groups excluding tert-OH is 1. The fraction of sp³-hybridized carbons (Fsp3) is 0.625. The van der Waals surface area contributed by atoms with Crippen molar-refractivity contribution in [2.75, 3.05) is 7.11 Å². The van der Waals surface area contributed by atoms with Crippen LogP contribution in [0.15, 0.2) is 12.1 Å². The van der Waals surface area contributed by atoms with Gasteiger partial charge in [-0.15, -0.1) is 0 Å². The SMILES string of the molecule is COc1cc2c(cc1C)C(C(C)C)C(O)CC2C. The Morgan fingerprint density at radius 2 is 1.94 bits per heavy atom. The quantitative estimate of drug-likeness (QED) is 0.866. The minimum Gasteiger partial charge on any atom is -0.496 e. The third kappa shape index (κ3) is 2.14. The monoisotopic (exact) mass is 248 g/mol. The van der Waals surface area contributed by atoms with Gasteiger partial charge in [-0.05, 0) is 47.9 Å². The Bertz CT molecular complexity index is 437. The van der Waals surface area contributed by atoms with Crippen LogP contribution in [0, 0.1) is 12.8 Å². The first kappa shape index (κ1) is 13.4. The molecule has 0 spiro atoms. The first-order valence-corrected chi connectivity index (χ1v) is 6.82. The van der Waals surface area contributed by atoms with Crippen molar-refractivity contribution in [1.29, 1.82) is 0 Å². The van der Waals surface area contributed by atoms with Gasteiger partial charge in [-0.2, -0.15) is 0 Å². The number of hydrogen-bond acceptors (Lipinski definition) is 2. The van der Waals surface area contributed by atoms with Crippen LogP contribution in [0.1, 0.15) is 55.7 Å². The number of fused-ring (bicyclic) bond motifs is 1. The smallest absolute Gasteiger partial charge is 0.122 e. The molecule has 18 heavy (non-hydrogen) atoms. The summed E-state index contributed by atoms with van der Waals surface area (Å²) in [6.07, 6.45) is 0.627. The van der Waals surface area contributed by atoms with Crippen LogP contribution in [0.5, 0.6) is 5.75 Å². The van der Waals surface area contributed by atoms with Crippen LogP contribution in [-0.2, 0) is 0 Å². The van der Waals surface area contributed by atoms with Crippen molar-refractivity contribution in [3.8, 4) is 5.75 Å². The van der Waals surface area contributed by atoms with E-state index in [0.717, 1.165) is 17.7 Å². The molecule has 0 saturated heterocycles. The first-order chi connectivity index (χ1) is 8.45. The largest absolute Gasteiger partial charge is 0.496 e. The van der Waals surface area contributed by atoms with Gasteiger partial charge in [-0.25, -0.2) is 0 Å². The van der Waals surface area contributed by atoms with Gasteiger partial charge in [-0.3, -0.25) is 0 Å². The van der Waals surface area contributed by atoms with E-state index in [1.165, 1.54) is 11.1 Å². The number of benzene rings is 1. The zero-order chi connectivity index (χ0) is 13.4. The Hall–Kier alpha value is -1.02. The van der Waals surface area contributed by atoms with Gasteiger partial charge in [0.05, 0.1) is 13.2 Å². The van der Waals surface area contributed by atoms with Crippen molar-refractivity contribution < 1.29 is 9.84 Å². The average Bonchev–Trinajstić information content (AvgIpc) is 2.27. The van der Waals surface area contributed by atoms with Gasteiger partial charge in [0.1, 0.15) is 5.75 Å². The summed E-state index contributed by atoms with van der Waals surface area (Å²) in [5.41, 5.74) is 3.82. The molecule has 0 saturated carbocycles. The predicted octanol–water partition coefficient (Wildman–Crippen LogP) is 3.61. The summed E-state index contributed by atoms with van der Waals surface area (Å²) in [6.45, 7) is 8.63. The van der Waals surface area contributed by atoms with E-state index in [-0.39, 0.29) is 12.0 Å². The standard InChI is InChI=1S/C16H24O2/c1-9(2)16-13-6-11(4)15(18-5)8-12(13)10(3)7-14(16)17/h6,8-10,14,16-17H,7H2,1-5H3. The molecule has 2 nitrogen and oxygen atoms in total. The summed E-state index contributed by atoms with van der Waals surface area (Å²) in [6, 6.07) is 4.37. The third-order valence-electron chi connectivity index (χ3n) is 4.22. The highest BCUT2D eigenvalue weighted by Gasteiger charge is 2.34. The van der Waals surface area contributed by atoms with E-state index in [0.29, 0.717) is 11.8 Å². The van der Waals surface area contributed by atoms with Crippen LogP contribution in [0.2, 0.25) is 0 Å². The fourth-order valence-corrected chi connectivity index (χ4v) is 3.31. The molecule has 3 atom stereocenters. The van der Waals surface area contributed by atoms with Crippen LogP contribution < -0.4 is 4.74 Å². The van der Waals surface area contributed by atoms with E-state index in [1.807, 2.05) is 0 Å². The Labute approximate surface area is 110 Å². The molecule has 2 rings (SSSR count). The summed E-state index contributed by atoms with van der Waals surface area (Å²) in [4.78, 5) is 0. The lowest BCUT2D eigenvalue weighted by Gasteiger charge is -2.37. The average molecular weight is 248 g/mol. The van der Waals surface area contributed by atoms with Crippen molar-refractivity contribution in [2.45, 2.75) is 52.1 Å². The van der Waals surface area contributed by atoms with Gasteiger partial charge in [-0.1, -0.05) is 26.8 Å². The highest BCUT2D eigenvalue weighted by Crippen LogP contribution is 2.44. The number of ether oxygens (including phenoxy) is 1. The first-order valence-electron chi connectivity index (χ1n) is 6.82. The summed E-state index contributed by atoms with van der Waals surface area (Å²) in [5, 5.41) is 10.3. The van der Waals surface area contributed by atoms with Crippen molar-refractivity contribution in [2.24, 2.45) is 5.92 Å². The zero-order valence-electron chi connectivity index (χ0n) is 12.0. The maximum atomic E-state index is 10.3. The molecule has 1 aromatic rings. The van der Waals surface area contributed by atoms with Gasteiger partial charge in [0.25, 0.3) is 0 Å². The minimum absolute atomic E-state index is 0.222. The molecule has 1 N–H and O–H groups in total. The molecule has 0 radical (unpaired) electrons. The number of methoxy groups -OCH3 is 1. The van der Waals surface area contributed by atoms with Crippen molar-refractivity contribution >= 4 is 0 Å². The van der Waals surface area contributed by atoms with Crippen LogP contribution in [0.4, 0.5) is 0 Å². The van der Waals surface area contributed by atoms with Gasteiger partial charge < -0.3 is 9.84 Å². The molecular formula is C16H24O2. The molecule has 1 aliphatic carbocycles. The van der Waals surface area contributed by atoms with Crippen molar-refractivity contribution in [3.05, 3.63) is 28.8 Å². The molecule has 3 unspecified atom stereocenters. The van der Waals surface area contributed by atoms with Crippen LogP contribution in [0.25, 0.3) is 0 Å². The Morgan fingerprint density at radius 3 is 2.50 bits per heavy atom. The van der Waals surface area contributed by atoms with Crippen molar-refractivity contribution in [3.63, 3.8) is 0 Å². The van der Waals surface area contributed by atoms with Crippen molar-refractivity contribution in [1.82, 2.24) is 0 Å². The molecule has 0 amide bonds. The fourth-order valence-electron chi connectivity index (χ4n) is 3.31. The second kappa shape index (κ2) is 4.93. The molecule has 0 bridgehead atoms. The molecule has 0 aliphatic heterocycles. The Balaban J connectivity index is 2.56. The molecule has 0 fully saturated rings. The highest BCUT2D eigenvalue weighted by molar-refractivity contribution is 5.47. The van der Waals surface area contributed by atoms with E-state index in [9.17, 15) is 5.11 Å². The van der Waals surface area contributed by atoms with E-state index < -0.39 is 0 Å². The zero-order valence-corrected chi connectivity index (χ0v) is 12.0. The van der Waals surface area contributed by atoms with E-state index in [1.54, 1.807) is 7.11 Å². The number of aryl methyl sites for hydroxylation is 1. The highest BCUT2D eigenvalue weighted by atomic mass is 16.5. The summed E-state index contributed by atoms with van der Waals surface area (Å²) in [7, 11) is 1.72. The maximum absolute atomic E-state index is 10.3. The van der Waals surface area contributed by atoms with Gasteiger partial charge in [0.2, 0.25) is 0 Å². The Morgan fingerprint density at radius 1 is 1.28 bits per heavy atom. The molecular weight excluding hydrogens is 224 g/mol. The summed E-state index contributed by atoms with van der Waals surface area (Å²) >= 11 is 0. The third-order valence-corrected chi connectivity index (χ3v) is 4.22. The van der Waals surface area contributed by atoms with E-state index in [4.69, 9.17) is 4.74 Å². The van der Waals surface area contributed by atoms with E-state index in [2.05, 4.69) is 39.8 Å². The predicted molar refractivity (Wildman–Crippen MR) is 74.3 cm³/mol. The lowest BCUT2D eigenvalue weighted by atomic mass is 9.71. The molecule has 0 heterocycles. The maximum Gasteiger partial charge on any atom is 0.122 e. The molecule has 0 aromatic heterocycles. The van der Waals surface area contributed by atoms with Crippen LogP contribution in [-0.4, -0.2) is 18.3 Å². The number of aliphatic hydroxyl groups is 1. The number of rotatable bonds is 2. The minimum atomic E-state index is -0.222. The van der Waals surface area contributed by atoms with Gasteiger partial charge in [0, 0.05) is 5.92 Å². The van der Waals surface area contributed by atoms with Crippen LogP contribution in [0.3, 0.4) is 0 Å². The summed E-state index contributed by atoms with van der Waals surface area (Å²) < 4.78 is 5.42. The Kier molecular flexibility index (Phi) is 3.67.